The van der Waals surface area contributed by atoms with E-state index < -0.39 is 0 Å². The highest BCUT2D eigenvalue weighted by atomic mass is 32.1. The van der Waals surface area contributed by atoms with Gasteiger partial charge in [-0.1, -0.05) is 26.8 Å². The Morgan fingerprint density at radius 1 is 1.21 bits per heavy atom. The molecular formula is C16H28N2S. The maximum atomic E-state index is 4.61. The Bertz CT molecular complexity index is 367. The van der Waals surface area contributed by atoms with Gasteiger partial charge >= 0.3 is 0 Å². The summed E-state index contributed by atoms with van der Waals surface area (Å²) >= 11 is 4.58. The summed E-state index contributed by atoms with van der Waals surface area (Å²) in [6.45, 7) is 11.9. The highest BCUT2D eigenvalue weighted by Gasteiger charge is 2.26. The molecule has 2 nitrogen and oxygen atoms in total. The maximum absolute atomic E-state index is 4.61. The van der Waals surface area contributed by atoms with E-state index in [0.29, 0.717) is 5.41 Å². The topological polar surface area (TPSA) is 16.1 Å². The molecule has 0 amide bonds. The molecule has 0 radical (unpaired) electrons. The zero-order valence-corrected chi connectivity index (χ0v) is 13.7. The van der Waals surface area contributed by atoms with Crippen LogP contribution < -0.4 is 0 Å². The minimum atomic E-state index is 0.336. The summed E-state index contributed by atoms with van der Waals surface area (Å²) in [6.07, 6.45) is 2.37. The normalized spacial score (nSPS) is 12.1. The van der Waals surface area contributed by atoms with E-state index in [1.807, 2.05) is 0 Å². The standard InChI is InChI=1S/C16H28N2S/c1-5-16(6-2,13-19)12-18(7-3)11-15-10-8-9-14(4)17-15/h8-10,19H,5-7,11-13H2,1-4H3. The number of hydrogen-bond donors (Lipinski definition) is 1. The number of nitrogens with zero attached hydrogens (tertiary/aromatic N) is 2. The van der Waals surface area contributed by atoms with Gasteiger partial charge in [0.15, 0.2) is 0 Å². The molecule has 1 rings (SSSR count). The molecule has 3 heteroatoms. The quantitative estimate of drug-likeness (QED) is 0.726. The second-order valence-corrected chi connectivity index (χ2v) is 5.76. The first-order valence-corrected chi connectivity index (χ1v) is 7.98. The summed E-state index contributed by atoms with van der Waals surface area (Å²) in [5.74, 6) is 0.956. The summed E-state index contributed by atoms with van der Waals surface area (Å²) in [6, 6.07) is 6.27. The lowest BCUT2D eigenvalue weighted by Gasteiger charge is -2.35. The van der Waals surface area contributed by atoms with Crippen molar-refractivity contribution in [2.24, 2.45) is 5.41 Å². The van der Waals surface area contributed by atoms with E-state index in [2.05, 4.69) is 68.4 Å². The lowest BCUT2D eigenvalue weighted by atomic mass is 9.84. The smallest absolute Gasteiger partial charge is 0.0547 e. The molecular weight excluding hydrogens is 252 g/mol. The average Bonchev–Trinajstić information content (AvgIpc) is 2.44. The van der Waals surface area contributed by atoms with Gasteiger partial charge in [0.1, 0.15) is 0 Å². The molecule has 108 valence electrons. The Labute approximate surface area is 124 Å². The van der Waals surface area contributed by atoms with Crippen LogP contribution in [0.2, 0.25) is 0 Å². The van der Waals surface area contributed by atoms with Gasteiger partial charge in [0.2, 0.25) is 0 Å². The van der Waals surface area contributed by atoms with Gasteiger partial charge in [0, 0.05) is 18.8 Å². The zero-order valence-electron chi connectivity index (χ0n) is 12.8. The molecule has 0 aromatic carbocycles. The molecule has 0 saturated carbocycles. The molecule has 0 aliphatic rings. The van der Waals surface area contributed by atoms with Crippen LogP contribution >= 0.6 is 12.6 Å². The lowest BCUT2D eigenvalue weighted by Crippen LogP contribution is -2.38. The van der Waals surface area contributed by atoms with Crippen molar-refractivity contribution in [2.45, 2.75) is 47.1 Å². The summed E-state index contributed by atoms with van der Waals surface area (Å²) in [7, 11) is 0. The van der Waals surface area contributed by atoms with Crippen LogP contribution in [0.3, 0.4) is 0 Å². The number of aryl methyl sites for hydroxylation is 1. The highest BCUT2D eigenvalue weighted by molar-refractivity contribution is 7.80. The van der Waals surface area contributed by atoms with Crippen LogP contribution in [0.15, 0.2) is 18.2 Å². The SMILES string of the molecule is CCN(Cc1cccc(C)n1)CC(CC)(CC)CS. The first-order chi connectivity index (χ1) is 9.09. The maximum Gasteiger partial charge on any atom is 0.0547 e. The summed E-state index contributed by atoms with van der Waals surface area (Å²) in [4.78, 5) is 7.10. The molecule has 0 unspecified atom stereocenters. The number of aromatic nitrogens is 1. The largest absolute Gasteiger partial charge is 0.297 e. The molecule has 0 saturated heterocycles. The van der Waals surface area contributed by atoms with Crippen molar-refractivity contribution < 1.29 is 0 Å². The minimum absolute atomic E-state index is 0.336. The van der Waals surface area contributed by atoms with Crippen LogP contribution in [0.1, 0.15) is 45.0 Å². The van der Waals surface area contributed by atoms with Crippen molar-refractivity contribution in [3.63, 3.8) is 0 Å². The van der Waals surface area contributed by atoms with Crippen LogP contribution in [0.5, 0.6) is 0 Å². The Morgan fingerprint density at radius 2 is 1.89 bits per heavy atom. The van der Waals surface area contributed by atoms with Gasteiger partial charge in [0.25, 0.3) is 0 Å². The highest BCUT2D eigenvalue weighted by Crippen LogP contribution is 2.29. The Hall–Kier alpha value is -0.540. The molecule has 1 aromatic heterocycles. The van der Waals surface area contributed by atoms with Crippen LogP contribution in [0.25, 0.3) is 0 Å². The Morgan fingerprint density at radius 3 is 2.37 bits per heavy atom. The second kappa shape index (κ2) is 7.91. The van der Waals surface area contributed by atoms with E-state index in [4.69, 9.17) is 0 Å². The van der Waals surface area contributed by atoms with Crippen LogP contribution in [0, 0.1) is 12.3 Å². The molecule has 0 spiro atoms. The minimum Gasteiger partial charge on any atom is -0.297 e. The third-order valence-electron chi connectivity index (χ3n) is 4.17. The Kier molecular flexibility index (Phi) is 6.87. The van der Waals surface area contributed by atoms with Gasteiger partial charge in [-0.05, 0) is 49.6 Å². The van der Waals surface area contributed by atoms with E-state index in [0.717, 1.165) is 31.1 Å². The fourth-order valence-electron chi connectivity index (χ4n) is 2.42. The van der Waals surface area contributed by atoms with E-state index in [-0.39, 0.29) is 0 Å². The van der Waals surface area contributed by atoms with Crippen molar-refractivity contribution >= 4 is 12.6 Å². The predicted molar refractivity (Wildman–Crippen MR) is 86.8 cm³/mol. The van der Waals surface area contributed by atoms with Crippen molar-refractivity contribution in [2.75, 3.05) is 18.8 Å². The van der Waals surface area contributed by atoms with E-state index in [9.17, 15) is 0 Å². The van der Waals surface area contributed by atoms with Gasteiger partial charge in [-0.2, -0.15) is 12.6 Å². The fourth-order valence-corrected chi connectivity index (χ4v) is 2.96. The summed E-state index contributed by atoms with van der Waals surface area (Å²) in [5.41, 5.74) is 2.60. The summed E-state index contributed by atoms with van der Waals surface area (Å²) < 4.78 is 0. The van der Waals surface area contributed by atoms with Gasteiger partial charge in [-0.25, -0.2) is 0 Å². The molecule has 0 aliphatic carbocycles. The van der Waals surface area contributed by atoms with E-state index in [1.165, 1.54) is 18.5 Å². The molecule has 0 atom stereocenters. The van der Waals surface area contributed by atoms with Gasteiger partial charge < -0.3 is 0 Å². The lowest BCUT2D eigenvalue weighted by molar-refractivity contribution is 0.156. The van der Waals surface area contributed by atoms with Crippen LogP contribution in [-0.4, -0.2) is 28.7 Å². The first-order valence-electron chi connectivity index (χ1n) is 7.35. The average molecular weight is 280 g/mol. The molecule has 0 bridgehead atoms. The molecule has 19 heavy (non-hydrogen) atoms. The van der Waals surface area contributed by atoms with Crippen LogP contribution in [-0.2, 0) is 6.54 Å². The molecule has 1 aromatic rings. The molecule has 0 N–H and O–H groups in total. The number of hydrogen-bond acceptors (Lipinski definition) is 3. The number of pyridine rings is 1. The van der Waals surface area contributed by atoms with E-state index in [1.54, 1.807) is 0 Å². The second-order valence-electron chi connectivity index (χ2n) is 5.44. The van der Waals surface area contributed by atoms with Gasteiger partial charge in [-0.3, -0.25) is 9.88 Å². The monoisotopic (exact) mass is 280 g/mol. The van der Waals surface area contributed by atoms with Crippen molar-refractivity contribution in [3.05, 3.63) is 29.6 Å². The van der Waals surface area contributed by atoms with Crippen molar-refractivity contribution in [3.8, 4) is 0 Å². The molecule has 1 heterocycles. The molecule has 0 fully saturated rings. The van der Waals surface area contributed by atoms with Crippen molar-refractivity contribution in [1.82, 2.24) is 9.88 Å². The predicted octanol–water partition coefficient (Wildman–Crippen LogP) is 3.95. The van der Waals surface area contributed by atoms with Gasteiger partial charge in [-0.15, -0.1) is 0 Å². The fraction of sp³-hybridized carbons (Fsp3) is 0.688. The Balaban J connectivity index is 2.73. The summed E-state index contributed by atoms with van der Waals surface area (Å²) in [5, 5.41) is 0. The number of thiol groups is 1. The van der Waals surface area contributed by atoms with Gasteiger partial charge in [0.05, 0.1) is 5.69 Å². The molecule has 0 aliphatic heterocycles. The number of rotatable bonds is 8. The zero-order chi connectivity index (χ0) is 14.3. The third kappa shape index (κ3) is 4.81. The first kappa shape index (κ1) is 16.5. The third-order valence-corrected chi connectivity index (χ3v) is 4.84. The van der Waals surface area contributed by atoms with E-state index >= 15 is 0 Å². The van der Waals surface area contributed by atoms with Crippen molar-refractivity contribution in [1.29, 1.82) is 0 Å². The van der Waals surface area contributed by atoms with Crippen LogP contribution in [0.4, 0.5) is 0 Å².